The van der Waals surface area contributed by atoms with E-state index in [9.17, 15) is 4.79 Å². The van der Waals surface area contributed by atoms with E-state index in [1.807, 2.05) is 0 Å². The standard InChI is InChI=1S/C9H16O3/c10-6-8(9(11)12)5-7-3-1-2-4-7/h7-8,10H,1-6H2,(H,11,12)/t8-/m0/s1. The van der Waals surface area contributed by atoms with Crippen LogP contribution in [0.3, 0.4) is 0 Å². The molecule has 0 saturated heterocycles. The summed E-state index contributed by atoms with van der Waals surface area (Å²) < 4.78 is 0. The van der Waals surface area contributed by atoms with Gasteiger partial charge < -0.3 is 10.2 Å². The van der Waals surface area contributed by atoms with E-state index in [4.69, 9.17) is 10.2 Å². The van der Waals surface area contributed by atoms with Gasteiger partial charge in [-0.25, -0.2) is 0 Å². The van der Waals surface area contributed by atoms with Crippen LogP contribution in [0.4, 0.5) is 0 Å². The first-order chi connectivity index (χ1) is 5.74. The monoisotopic (exact) mass is 172 g/mol. The van der Waals surface area contributed by atoms with Crippen molar-refractivity contribution in [3.8, 4) is 0 Å². The molecule has 0 spiro atoms. The Morgan fingerprint density at radius 3 is 2.42 bits per heavy atom. The Morgan fingerprint density at radius 2 is 2.00 bits per heavy atom. The number of aliphatic hydroxyl groups is 1. The molecule has 1 atom stereocenters. The topological polar surface area (TPSA) is 57.5 Å². The van der Waals surface area contributed by atoms with Crippen molar-refractivity contribution in [3.05, 3.63) is 0 Å². The number of rotatable bonds is 4. The van der Waals surface area contributed by atoms with Crippen molar-refractivity contribution in [2.45, 2.75) is 32.1 Å². The summed E-state index contributed by atoms with van der Waals surface area (Å²) in [5.41, 5.74) is 0. The van der Waals surface area contributed by atoms with Crippen LogP contribution in [0.15, 0.2) is 0 Å². The van der Waals surface area contributed by atoms with Crippen molar-refractivity contribution in [2.75, 3.05) is 6.61 Å². The lowest BCUT2D eigenvalue weighted by molar-refractivity contribution is -0.143. The van der Waals surface area contributed by atoms with Gasteiger partial charge in [0.2, 0.25) is 0 Å². The highest BCUT2D eigenvalue weighted by Crippen LogP contribution is 2.30. The molecule has 0 amide bonds. The van der Waals surface area contributed by atoms with Crippen molar-refractivity contribution in [1.82, 2.24) is 0 Å². The van der Waals surface area contributed by atoms with Crippen molar-refractivity contribution in [1.29, 1.82) is 0 Å². The molecule has 70 valence electrons. The van der Waals surface area contributed by atoms with Crippen molar-refractivity contribution in [3.63, 3.8) is 0 Å². The molecule has 12 heavy (non-hydrogen) atoms. The van der Waals surface area contributed by atoms with Crippen LogP contribution in [-0.2, 0) is 4.79 Å². The molecule has 1 aliphatic rings. The lowest BCUT2D eigenvalue weighted by Crippen LogP contribution is -2.20. The van der Waals surface area contributed by atoms with E-state index in [1.165, 1.54) is 12.8 Å². The lowest BCUT2D eigenvalue weighted by atomic mass is 9.94. The zero-order chi connectivity index (χ0) is 8.97. The zero-order valence-corrected chi connectivity index (χ0v) is 7.20. The molecule has 0 radical (unpaired) electrons. The largest absolute Gasteiger partial charge is 0.481 e. The average molecular weight is 172 g/mol. The second-order valence-electron chi connectivity index (χ2n) is 3.60. The lowest BCUT2D eigenvalue weighted by Gasteiger charge is -2.13. The molecule has 1 aliphatic carbocycles. The van der Waals surface area contributed by atoms with Crippen LogP contribution in [0, 0.1) is 11.8 Å². The molecule has 0 bridgehead atoms. The summed E-state index contributed by atoms with van der Waals surface area (Å²) in [5.74, 6) is -0.851. The average Bonchev–Trinajstić information content (AvgIpc) is 2.51. The number of hydrogen-bond donors (Lipinski definition) is 2. The molecule has 1 rings (SSSR count). The fourth-order valence-electron chi connectivity index (χ4n) is 1.90. The summed E-state index contributed by atoms with van der Waals surface area (Å²) in [4.78, 5) is 10.6. The Bertz CT molecular complexity index is 150. The summed E-state index contributed by atoms with van der Waals surface area (Å²) >= 11 is 0. The van der Waals surface area contributed by atoms with Gasteiger partial charge in [0.15, 0.2) is 0 Å². The predicted molar refractivity (Wildman–Crippen MR) is 44.8 cm³/mol. The van der Waals surface area contributed by atoms with E-state index >= 15 is 0 Å². The van der Waals surface area contributed by atoms with Gasteiger partial charge >= 0.3 is 5.97 Å². The highest BCUT2D eigenvalue weighted by atomic mass is 16.4. The number of aliphatic hydroxyl groups excluding tert-OH is 1. The summed E-state index contributed by atoms with van der Waals surface area (Å²) in [6, 6.07) is 0. The Morgan fingerprint density at radius 1 is 1.42 bits per heavy atom. The number of aliphatic carboxylic acids is 1. The fourth-order valence-corrected chi connectivity index (χ4v) is 1.90. The van der Waals surface area contributed by atoms with E-state index in [0.717, 1.165) is 12.8 Å². The first kappa shape index (κ1) is 9.52. The van der Waals surface area contributed by atoms with Crippen molar-refractivity contribution < 1.29 is 15.0 Å². The molecule has 1 fully saturated rings. The first-order valence-electron chi connectivity index (χ1n) is 4.57. The molecule has 0 aliphatic heterocycles. The number of carboxylic acids is 1. The number of hydrogen-bond acceptors (Lipinski definition) is 2. The Balaban J connectivity index is 2.30. The molecule has 3 nitrogen and oxygen atoms in total. The van der Waals surface area contributed by atoms with Crippen LogP contribution in [0.5, 0.6) is 0 Å². The minimum Gasteiger partial charge on any atom is -0.481 e. The fraction of sp³-hybridized carbons (Fsp3) is 0.889. The van der Waals surface area contributed by atoms with E-state index in [0.29, 0.717) is 12.3 Å². The van der Waals surface area contributed by atoms with Gasteiger partial charge in [0.1, 0.15) is 0 Å². The maximum atomic E-state index is 10.6. The van der Waals surface area contributed by atoms with Gasteiger partial charge in [-0.05, 0) is 12.3 Å². The van der Waals surface area contributed by atoms with E-state index in [-0.39, 0.29) is 6.61 Å². The van der Waals surface area contributed by atoms with Crippen LogP contribution in [0.25, 0.3) is 0 Å². The molecule has 0 heterocycles. The van der Waals surface area contributed by atoms with E-state index in [2.05, 4.69) is 0 Å². The number of carboxylic acid groups (broad SMARTS) is 1. The van der Waals surface area contributed by atoms with Crippen LogP contribution in [-0.4, -0.2) is 22.8 Å². The molecule has 0 aromatic rings. The van der Waals surface area contributed by atoms with E-state index in [1.54, 1.807) is 0 Å². The summed E-state index contributed by atoms with van der Waals surface area (Å²) in [5, 5.41) is 17.4. The minimum atomic E-state index is -0.857. The molecular weight excluding hydrogens is 156 g/mol. The number of carbonyl (C=O) groups is 1. The van der Waals surface area contributed by atoms with Gasteiger partial charge in [-0.3, -0.25) is 4.79 Å². The molecule has 0 aromatic carbocycles. The molecule has 0 unspecified atom stereocenters. The second kappa shape index (κ2) is 4.45. The smallest absolute Gasteiger partial charge is 0.308 e. The highest BCUT2D eigenvalue weighted by Gasteiger charge is 2.23. The van der Waals surface area contributed by atoms with Gasteiger partial charge in [0.25, 0.3) is 0 Å². The van der Waals surface area contributed by atoms with Gasteiger partial charge in [-0.1, -0.05) is 25.7 Å². The molecule has 1 saturated carbocycles. The van der Waals surface area contributed by atoms with Crippen LogP contribution in [0.1, 0.15) is 32.1 Å². The Labute approximate surface area is 72.4 Å². The van der Waals surface area contributed by atoms with Crippen molar-refractivity contribution in [2.24, 2.45) is 11.8 Å². The second-order valence-corrected chi connectivity index (χ2v) is 3.60. The van der Waals surface area contributed by atoms with Gasteiger partial charge in [0, 0.05) is 0 Å². The van der Waals surface area contributed by atoms with Crippen LogP contribution >= 0.6 is 0 Å². The zero-order valence-electron chi connectivity index (χ0n) is 7.20. The normalized spacial score (nSPS) is 21.1. The third kappa shape index (κ3) is 2.48. The summed E-state index contributed by atoms with van der Waals surface area (Å²) in [7, 11) is 0. The minimum absolute atomic E-state index is 0.216. The molecule has 0 aromatic heterocycles. The Kier molecular flexibility index (Phi) is 3.53. The molecule has 3 heteroatoms. The van der Waals surface area contributed by atoms with Gasteiger partial charge in [-0.2, -0.15) is 0 Å². The highest BCUT2D eigenvalue weighted by molar-refractivity contribution is 5.70. The summed E-state index contributed by atoms with van der Waals surface area (Å²) in [6.07, 6.45) is 5.39. The van der Waals surface area contributed by atoms with E-state index < -0.39 is 11.9 Å². The third-order valence-corrected chi connectivity index (χ3v) is 2.66. The Hall–Kier alpha value is -0.570. The third-order valence-electron chi connectivity index (χ3n) is 2.66. The molecular formula is C9H16O3. The van der Waals surface area contributed by atoms with Gasteiger partial charge in [0.05, 0.1) is 12.5 Å². The SMILES string of the molecule is O=C(O)[C@H](CO)CC1CCCC1. The van der Waals surface area contributed by atoms with Crippen molar-refractivity contribution >= 4 is 5.97 Å². The van der Waals surface area contributed by atoms with Crippen LogP contribution in [0.2, 0.25) is 0 Å². The maximum absolute atomic E-state index is 10.6. The quantitative estimate of drug-likeness (QED) is 0.671. The van der Waals surface area contributed by atoms with Crippen LogP contribution < -0.4 is 0 Å². The summed E-state index contributed by atoms with van der Waals surface area (Å²) in [6.45, 7) is -0.216. The predicted octanol–water partition coefficient (Wildman–Crippen LogP) is 1.26. The first-order valence-corrected chi connectivity index (χ1v) is 4.57. The molecule has 2 N–H and O–H groups in total. The van der Waals surface area contributed by atoms with Gasteiger partial charge in [-0.15, -0.1) is 0 Å². The maximum Gasteiger partial charge on any atom is 0.308 e.